The van der Waals surface area contributed by atoms with Gasteiger partial charge < -0.3 is 32.2 Å². The Morgan fingerprint density at radius 3 is 1.07 bits per heavy atom. The molecule has 0 bridgehead atoms. The van der Waals surface area contributed by atoms with Crippen molar-refractivity contribution in [2.24, 2.45) is 0 Å². The molecule has 0 radical (unpaired) electrons. The number of hydrogen-bond acceptors (Lipinski definition) is 7. The predicted molar refractivity (Wildman–Crippen MR) is 424 cm³/mol. The highest BCUT2D eigenvalue weighted by atomic mass is 16.5. The van der Waals surface area contributed by atoms with Gasteiger partial charge in [0.1, 0.15) is 39.4 Å². The molecule has 1 aliphatic carbocycles. The first-order valence-electron chi connectivity index (χ1n) is 35.7. The molecule has 0 amide bonds. The van der Waals surface area contributed by atoms with E-state index >= 15 is 0 Å². The molecule has 13 aromatic carbocycles. The molecular formula is C95H80N2O5. The largest absolute Gasteiger partial charge is 0.457 e. The van der Waals surface area contributed by atoms with Crippen molar-refractivity contribution in [3.63, 3.8) is 0 Å². The van der Waals surface area contributed by atoms with E-state index in [9.17, 15) is 0 Å². The maximum Gasteiger partial charge on any atom is 0.160 e. The zero-order valence-corrected chi connectivity index (χ0v) is 59.8. The van der Waals surface area contributed by atoms with E-state index in [0.29, 0.717) is 0 Å². The number of para-hydroxylation sites is 6. The minimum atomic E-state index is -1.13. The van der Waals surface area contributed by atoms with E-state index in [0.717, 1.165) is 167 Å². The zero-order valence-electron chi connectivity index (χ0n) is 59.8. The molecule has 7 heteroatoms. The molecule has 1 atom stereocenters. The van der Waals surface area contributed by atoms with Gasteiger partial charge in [-0.1, -0.05) is 253 Å². The third-order valence-corrected chi connectivity index (χ3v) is 21.5. The summed E-state index contributed by atoms with van der Waals surface area (Å²) in [5.74, 6) is 1.48. The van der Waals surface area contributed by atoms with Crippen molar-refractivity contribution in [2.75, 3.05) is 9.80 Å². The number of benzene rings is 13. The number of nitrogens with zero attached hydrogens (tertiary/aromatic N) is 2. The lowest BCUT2D eigenvalue weighted by Gasteiger charge is -2.36. The molecule has 0 saturated carbocycles. The van der Waals surface area contributed by atoms with Crippen molar-refractivity contribution < 1.29 is 22.4 Å². The average Bonchev–Trinajstić information content (AvgIpc) is 1.50. The van der Waals surface area contributed by atoms with E-state index in [1.54, 1.807) is 0 Å². The fraction of sp³-hybridized carbons (Fsp3) is 0.179. The minimum Gasteiger partial charge on any atom is -0.457 e. The standard InChI is InChI=1S/C95H80N2O5/c1-91(2,3)57-35-37-61(38-36-57)95(62-45-53-66(54-46-62)98-65-51-43-60(44-52-65)94(10,11)12)73-56-78(97(64-49-41-59(42-50-64)93(7,8)9)76-30-22-28-70-68-24-14-18-32-80(68)100-88(70)76)89-84(72-26-16-20-34-82(72)101-89)85(73)86-74(95)55-77(83-71-25-15-19-33-81(71)102-90(83)86)96(63-47-39-58(40-48-63)92(4,5)6)75-29-21-27-69-67-23-13-17-31-79(67)99-87(69)75/h13-56H,1-12H3. The second kappa shape index (κ2) is 22.7. The van der Waals surface area contributed by atoms with Crippen LogP contribution in [0.2, 0.25) is 0 Å². The fourth-order valence-electron chi connectivity index (χ4n) is 16.1. The van der Waals surface area contributed by atoms with Crippen molar-refractivity contribution in [1.82, 2.24) is 0 Å². The fourth-order valence-corrected chi connectivity index (χ4v) is 16.1. The van der Waals surface area contributed by atoms with Crippen molar-refractivity contribution >= 4 is 122 Å². The van der Waals surface area contributed by atoms with Crippen molar-refractivity contribution in [1.29, 1.82) is 0 Å². The summed E-state index contributed by atoms with van der Waals surface area (Å²) in [4.78, 5) is 4.82. The molecule has 4 heterocycles. The Bertz CT molecular complexity index is 6170. The summed E-state index contributed by atoms with van der Waals surface area (Å²) < 4.78 is 36.6. The Morgan fingerprint density at radius 1 is 0.275 bits per heavy atom. The van der Waals surface area contributed by atoms with E-state index < -0.39 is 5.41 Å². The van der Waals surface area contributed by atoms with Crippen molar-refractivity contribution in [2.45, 2.75) is 110 Å². The molecule has 0 saturated heterocycles. The average molecular weight is 1330 g/mol. The van der Waals surface area contributed by atoms with E-state index in [1.807, 2.05) is 6.07 Å². The highest BCUT2D eigenvalue weighted by molar-refractivity contribution is 6.27. The first-order chi connectivity index (χ1) is 49.1. The van der Waals surface area contributed by atoms with Crippen LogP contribution in [-0.4, -0.2) is 0 Å². The SMILES string of the molecule is CC(C)(C)c1ccc(Oc2ccc(C3(c4ccc(C(C)(C)C)cc4)c4cc(N(c5ccc(C(C)(C)C)cc5)c5cccc6c5oc5ccccc56)c5c(oc6ccccc65)c4-c4c3cc(N(c3ccc(C(C)(C)C)cc3)c3cccc5c3oc3ccccc35)c3oc5ccccc5c43)cc2)cc1. The van der Waals surface area contributed by atoms with Crippen molar-refractivity contribution in [3.8, 4) is 22.6 Å². The molecule has 7 nitrogen and oxygen atoms in total. The van der Waals surface area contributed by atoms with Gasteiger partial charge in [0.05, 0.1) is 33.6 Å². The molecule has 17 aromatic rings. The van der Waals surface area contributed by atoms with Gasteiger partial charge >= 0.3 is 0 Å². The molecule has 4 aromatic heterocycles. The monoisotopic (exact) mass is 1330 g/mol. The molecule has 0 spiro atoms. The molecule has 1 aliphatic rings. The van der Waals surface area contributed by atoms with Crippen molar-refractivity contribution in [3.05, 3.63) is 311 Å². The number of fused-ring (bicyclic) bond motifs is 17. The van der Waals surface area contributed by atoms with Crippen LogP contribution in [-0.2, 0) is 27.1 Å². The third-order valence-electron chi connectivity index (χ3n) is 21.5. The summed E-state index contributed by atoms with van der Waals surface area (Å²) in [6.45, 7) is 27.2. The van der Waals surface area contributed by atoms with E-state index in [-0.39, 0.29) is 21.7 Å². The van der Waals surface area contributed by atoms with Crippen LogP contribution < -0.4 is 14.5 Å². The third kappa shape index (κ3) is 9.82. The van der Waals surface area contributed by atoms with Gasteiger partial charge in [-0.25, -0.2) is 0 Å². The van der Waals surface area contributed by atoms with Crippen LogP contribution in [0.15, 0.2) is 285 Å². The second-order valence-corrected chi connectivity index (χ2v) is 32.0. The molecule has 500 valence electrons. The smallest absolute Gasteiger partial charge is 0.160 e. The predicted octanol–water partition coefficient (Wildman–Crippen LogP) is 27.6. The lowest BCUT2D eigenvalue weighted by Crippen LogP contribution is -2.29. The number of rotatable bonds is 10. The lowest BCUT2D eigenvalue weighted by molar-refractivity contribution is 0.481. The number of ether oxygens (including phenoxy) is 1. The quantitative estimate of drug-likeness (QED) is 0.135. The molecular weight excluding hydrogens is 1250 g/mol. The Labute approximate surface area is 594 Å². The Balaban J connectivity index is 1.02. The summed E-state index contributed by atoms with van der Waals surface area (Å²) >= 11 is 0. The maximum absolute atomic E-state index is 7.80. The summed E-state index contributed by atoms with van der Waals surface area (Å²) in [5.41, 5.74) is 21.2. The van der Waals surface area contributed by atoms with Gasteiger partial charge in [-0.3, -0.25) is 0 Å². The molecule has 18 rings (SSSR count). The van der Waals surface area contributed by atoms with Crippen LogP contribution >= 0.6 is 0 Å². The minimum absolute atomic E-state index is 0.0151. The van der Waals surface area contributed by atoms with Gasteiger partial charge in [0.15, 0.2) is 16.7 Å². The van der Waals surface area contributed by atoms with Gasteiger partial charge in [0.2, 0.25) is 0 Å². The van der Waals surface area contributed by atoms with Crippen LogP contribution in [0.3, 0.4) is 0 Å². The normalized spacial score (nSPS) is 14.3. The van der Waals surface area contributed by atoms with Gasteiger partial charge in [-0.2, -0.15) is 0 Å². The molecule has 0 fully saturated rings. The molecule has 0 N–H and O–H groups in total. The van der Waals surface area contributed by atoms with Crippen LogP contribution in [0.5, 0.6) is 11.5 Å². The zero-order chi connectivity index (χ0) is 69.9. The van der Waals surface area contributed by atoms with Gasteiger partial charge in [0.25, 0.3) is 0 Å². The number of hydrogen-bond donors (Lipinski definition) is 0. The maximum atomic E-state index is 7.80. The van der Waals surface area contributed by atoms with Crippen LogP contribution in [0.4, 0.5) is 34.1 Å². The van der Waals surface area contributed by atoms with E-state index in [4.69, 9.17) is 22.4 Å². The summed E-state index contributed by atoms with van der Waals surface area (Å²) in [6, 6.07) is 97.0. The van der Waals surface area contributed by atoms with Gasteiger partial charge in [0, 0.05) is 60.2 Å². The Kier molecular flexibility index (Phi) is 14.0. The highest BCUT2D eigenvalue weighted by Gasteiger charge is 2.51. The van der Waals surface area contributed by atoms with Crippen LogP contribution in [0.25, 0.3) is 98.9 Å². The Morgan fingerprint density at radius 2 is 0.608 bits per heavy atom. The second-order valence-electron chi connectivity index (χ2n) is 32.0. The molecule has 1 unspecified atom stereocenters. The first kappa shape index (κ1) is 62.7. The van der Waals surface area contributed by atoms with Gasteiger partial charge in [-0.15, -0.1) is 0 Å². The molecule has 102 heavy (non-hydrogen) atoms. The number of anilines is 6. The Hall–Kier alpha value is -11.5. The van der Waals surface area contributed by atoms with E-state index in [1.165, 1.54) is 22.3 Å². The van der Waals surface area contributed by atoms with Crippen LogP contribution in [0.1, 0.15) is 128 Å². The first-order valence-corrected chi connectivity index (χ1v) is 35.7. The van der Waals surface area contributed by atoms with E-state index in [2.05, 4.69) is 354 Å². The van der Waals surface area contributed by atoms with Gasteiger partial charge in [-0.05, 0) is 163 Å². The van der Waals surface area contributed by atoms with Crippen LogP contribution in [0, 0.1) is 0 Å². The molecule has 0 aliphatic heterocycles. The number of furan rings is 4. The summed E-state index contributed by atoms with van der Waals surface area (Å²) in [6.07, 6.45) is 0. The topological polar surface area (TPSA) is 68.3 Å². The lowest BCUT2D eigenvalue weighted by atomic mass is 9.67. The summed E-state index contributed by atoms with van der Waals surface area (Å²) in [5, 5.41) is 8.04. The summed E-state index contributed by atoms with van der Waals surface area (Å²) in [7, 11) is 0. The highest BCUT2D eigenvalue weighted by Crippen LogP contribution is 2.65.